The van der Waals surface area contributed by atoms with Crippen LogP contribution < -0.4 is 0 Å². The molecule has 1 unspecified atom stereocenters. The molecule has 1 aromatic rings. The predicted molar refractivity (Wildman–Crippen MR) is 59.5 cm³/mol. The van der Waals surface area contributed by atoms with E-state index in [4.69, 9.17) is 4.74 Å². The van der Waals surface area contributed by atoms with E-state index in [1.807, 2.05) is 4.57 Å². The van der Waals surface area contributed by atoms with Gasteiger partial charge in [-0.3, -0.25) is 9.69 Å². The Balaban J connectivity index is 1.91. The first-order chi connectivity index (χ1) is 7.81. The number of carbonyl (C=O) groups excluding carboxylic acids is 1. The highest BCUT2D eigenvalue weighted by molar-refractivity contribution is 5.70. The molecule has 5 heteroatoms. The Morgan fingerprint density at radius 2 is 2.56 bits per heavy atom. The van der Waals surface area contributed by atoms with E-state index >= 15 is 0 Å². The number of nitrogens with zero attached hydrogens (tertiary/aromatic N) is 3. The first-order valence-electron chi connectivity index (χ1n) is 5.62. The number of morpholine rings is 1. The molecule has 1 fully saturated rings. The molecule has 16 heavy (non-hydrogen) atoms. The Morgan fingerprint density at radius 3 is 3.25 bits per heavy atom. The van der Waals surface area contributed by atoms with E-state index in [-0.39, 0.29) is 6.10 Å². The highest BCUT2D eigenvalue weighted by Crippen LogP contribution is 2.07. The van der Waals surface area contributed by atoms with Gasteiger partial charge >= 0.3 is 0 Å². The number of rotatable bonds is 4. The van der Waals surface area contributed by atoms with E-state index in [1.165, 1.54) is 0 Å². The maximum absolute atomic E-state index is 10.5. The molecule has 0 N–H and O–H groups in total. The lowest BCUT2D eigenvalue weighted by Crippen LogP contribution is -2.43. The molecule has 1 aliphatic rings. The Bertz CT molecular complexity index is 351. The van der Waals surface area contributed by atoms with Gasteiger partial charge in [-0.25, -0.2) is 4.98 Å². The number of aldehydes is 1. The summed E-state index contributed by atoms with van der Waals surface area (Å²) < 4.78 is 7.59. The van der Waals surface area contributed by atoms with E-state index in [1.54, 1.807) is 12.5 Å². The fourth-order valence-electron chi connectivity index (χ4n) is 1.95. The van der Waals surface area contributed by atoms with E-state index in [0.717, 1.165) is 39.1 Å². The van der Waals surface area contributed by atoms with Gasteiger partial charge in [0, 0.05) is 19.3 Å². The van der Waals surface area contributed by atoms with Crippen molar-refractivity contribution in [3.05, 3.63) is 18.2 Å². The zero-order valence-electron chi connectivity index (χ0n) is 9.50. The zero-order chi connectivity index (χ0) is 11.4. The Hall–Kier alpha value is -1.20. The third-order valence-corrected chi connectivity index (χ3v) is 2.86. The summed E-state index contributed by atoms with van der Waals surface area (Å²) in [5, 5.41) is 0. The largest absolute Gasteiger partial charge is 0.374 e. The summed E-state index contributed by atoms with van der Waals surface area (Å²) in [6.45, 7) is 6.72. The standard InChI is InChI=1S/C11H17N3O2/c1-2-13-3-4-16-11(6-13)7-14-5-10(8-15)12-9-14/h5,8-9,11H,2-4,6-7H2,1H3. The molecule has 0 aliphatic carbocycles. The van der Waals surface area contributed by atoms with Crippen molar-refractivity contribution in [3.8, 4) is 0 Å². The monoisotopic (exact) mass is 223 g/mol. The van der Waals surface area contributed by atoms with E-state index < -0.39 is 0 Å². The van der Waals surface area contributed by atoms with Crippen molar-refractivity contribution in [1.29, 1.82) is 0 Å². The van der Waals surface area contributed by atoms with Crippen molar-refractivity contribution >= 4 is 6.29 Å². The molecule has 2 rings (SSSR count). The molecule has 0 amide bonds. The van der Waals surface area contributed by atoms with Gasteiger partial charge in [0.05, 0.1) is 25.6 Å². The number of ether oxygens (including phenoxy) is 1. The second-order valence-electron chi connectivity index (χ2n) is 4.00. The van der Waals surface area contributed by atoms with E-state index in [9.17, 15) is 4.79 Å². The van der Waals surface area contributed by atoms with Crippen LogP contribution in [0.4, 0.5) is 0 Å². The van der Waals surface area contributed by atoms with Crippen molar-refractivity contribution in [2.45, 2.75) is 19.6 Å². The van der Waals surface area contributed by atoms with Crippen LogP contribution in [0.2, 0.25) is 0 Å². The van der Waals surface area contributed by atoms with Gasteiger partial charge in [-0.1, -0.05) is 6.92 Å². The minimum atomic E-state index is 0.197. The van der Waals surface area contributed by atoms with Gasteiger partial charge in [-0.2, -0.15) is 0 Å². The number of hydrogen-bond donors (Lipinski definition) is 0. The molecule has 0 spiro atoms. The lowest BCUT2D eigenvalue weighted by Gasteiger charge is -2.32. The quantitative estimate of drug-likeness (QED) is 0.694. The molecule has 0 bridgehead atoms. The minimum Gasteiger partial charge on any atom is -0.374 e. The average Bonchev–Trinajstić information content (AvgIpc) is 2.77. The van der Waals surface area contributed by atoms with E-state index in [0.29, 0.717) is 5.69 Å². The molecule has 2 heterocycles. The molecule has 5 nitrogen and oxygen atoms in total. The molecule has 1 atom stereocenters. The molecule has 1 aromatic heterocycles. The van der Waals surface area contributed by atoms with Crippen LogP contribution in [0.25, 0.3) is 0 Å². The highest BCUT2D eigenvalue weighted by Gasteiger charge is 2.19. The van der Waals surface area contributed by atoms with Crippen molar-refractivity contribution in [2.24, 2.45) is 0 Å². The van der Waals surface area contributed by atoms with Crippen LogP contribution in [-0.2, 0) is 11.3 Å². The van der Waals surface area contributed by atoms with Crippen molar-refractivity contribution in [3.63, 3.8) is 0 Å². The molecular weight excluding hydrogens is 206 g/mol. The Kier molecular flexibility index (Phi) is 3.69. The lowest BCUT2D eigenvalue weighted by atomic mass is 10.2. The van der Waals surface area contributed by atoms with Crippen LogP contribution in [0, 0.1) is 0 Å². The molecule has 88 valence electrons. The molecule has 0 aromatic carbocycles. The predicted octanol–water partition coefficient (Wildman–Crippen LogP) is 0.416. The summed E-state index contributed by atoms with van der Waals surface area (Å²) in [4.78, 5) is 16.8. The smallest absolute Gasteiger partial charge is 0.169 e. The minimum absolute atomic E-state index is 0.197. The van der Waals surface area contributed by atoms with Crippen LogP contribution in [-0.4, -0.2) is 53.1 Å². The summed E-state index contributed by atoms with van der Waals surface area (Å²) in [5.74, 6) is 0. The SMILES string of the molecule is CCN1CCOC(Cn2cnc(C=O)c2)C1. The van der Waals surface area contributed by atoms with Crippen LogP contribution >= 0.6 is 0 Å². The zero-order valence-corrected chi connectivity index (χ0v) is 9.50. The van der Waals surface area contributed by atoms with Gasteiger partial charge in [-0.15, -0.1) is 0 Å². The van der Waals surface area contributed by atoms with Crippen LogP contribution in [0.15, 0.2) is 12.5 Å². The third-order valence-electron chi connectivity index (χ3n) is 2.86. The number of carbonyl (C=O) groups is 1. The van der Waals surface area contributed by atoms with Gasteiger partial charge in [0.15, 0.2) is 6.29 Å². The van der Waals surface area contributed by atoms with Gasteiger partial charge < -0.3 is 9.30 Å². The Morgan fingerprint density at radius 1 is 1.69 bits per heavy atom. The number of aromatic nitrogens is 2. The molecule has 0 radical (unpaired) electrons. The summed E-state index contributed by atoms with van der Waals surface area (Å²) in [5.41, 5.74) is 0.475. The van der Waals surface area contributed by atoms with Crippen molar-refractivity contribution < 1.29 is 9.53 Å². The van der Waals surface area contributed by atoms with Gasteiger partial charge in [0.2, 0.25) is 0 Å². The lowest BCUT2D eigenvalue weighted by molar-refractivity contribution is -0.0343. The van der Waals surface area contributed by atoms with Crippen LogP contribution in [0.3, 0.4) is 0 Å². The third kappa shape index (κ3) is 2.68. The highest BCUT2D eigenvalue weighted by atomic mass is 16.5. The first-order valence-corrected chi connectivity index (χ1v) is 5.62. The number of hydrogen-bond acceptors (Lipinski definition) is 4. The maximum Gasteiger partial charge on any atom is 0.169 e. The van der Waals surface area contributed by atoms with Crippen molar-refractivity contribution in [1.82, 2.24) is 14.5 Å². The molecule has 1 aliphatic heterocycles. The van der Waals surface area contributed by atoms with E-state index in [2.05, 4.69) is 16.8 Å². The number of imidazole rings is 1. The van der Waals surface area contributed by atoms with Crippen LogP contribution in [0.5, 0.6) is 0 Å². The summed E-state index contributed by atoms with van der Waals surface area (Å²) in [7, 11) is 0. The second kappa shape index (κ2) is 5.23. The normalized spacial score (nSPS) is 22.2. The van der Waals surface area contributed by atoms with Gasteiger partial charge in [-0.05, 0) is 6.54 Å². The molecular formula is C11H17N3O2. The Labute approximate surface area is 95.0 Å². The summed E-state index contributed by atoms with van der Waals surface area (Å²) in [6.07, 6.45) is 4.39. The van der Waals surface area contributed by atoms with Gasteiger partial charge in [0.25, 0.3) is 0 Å². The fraction of sp³-hybridized carbons (Fsp3) is 0.636. The average molecular weight is 223 g/mol. The maximum atomic E-state index is 10.5. The second-order valence-corrected chi connectivity index (χ2v) is 4.00. The first kappa shape index (κ1) is 11.3. The fourth-order valence-corrected chi connectivity index (χ4v) is 1.95. The number of likely N-dealkylation sites (N-methyl/N-ethyl adjacent to an activating group) is 1. The molecule has 1 saturated heterocycles. The summed E-state index contributed by atoms with van der Waals surface area (Å²) >= 11 is 0. The molecule has 0 saturated carbocycles. The topological polar surface area (TPSA) is 47.4 Å². The summed E-state index contributed by atoms with van der Waals surface area (Å²) in [6, 6.07) is 0. The van der Waals surface area contributed by atoms with Crippen molar-refractivity contribution in [2.75, 3.05) is 26.2 Å². The van der Waals surface area contributed by atoms with Crippen LogP contribution in [0.1, 0.15) is 17.4 Å². The van der Waals surface area contributed by atoms with Gasteiger partial charge in [0.1, 0.15) is 5.69 Å².